The van der Waals surface area contributed by atoms with Crippen molar-refractivity contribution >= 4 is 11.6 Å². The van der Waals surface area contributed by atoms with Crippen molar-refractivity contribution in [2.75, 3.05) is 12.4 Å². The van der Waals surface area contributed by atoms with E-state index >= 15 is 0 Å². The number of anilines is 1. The highest BCUT2D eigenvalue weighted by atomic mass is 19.1. The lowest BCUT2D eigenvalue weighted by Crippen LogP contribution is -2.14. The number of amides is 1. The lowest BCUT2D eigenvalue weighted by atomic mass is 10.1. The smallest absolute Gasteiger partial charge is 0.258 e. The van der Waals surface area contributed by atoms with Crippen LogP contribution in [0.2, 0.25) is 0 Å². The Balaban J connectivity index is 2.11. The summed E-state index contributed by atoms with van der Waals surface area (Å²) in [6.07, 6.45) is 0. The molecule has 2 rings (SSSR count). The van der Waals surface area contributed by atoms with Gasteiger partial charge in [0, 0.05) is 12.2 Å². The molecule has 3 nitrogen and oxygen atoms in total. The minimum absolute atomic E-state index is 0.0508. The molecule has 0 unspecified atom stereocenters. The first-order valence-corrected chi connectivity index (χ1v) is 6.41. The van der Waals surface area contributed by atoms with Gasteiger partial charge in [-0.1, -0.05) is 18.2 Å². The van der Waals surface area contributed by atoms with Crippen LogP contribution < -0.4 is 10.6 Å². The molecule has 0 atom stereocenters. The van der Waals surface area contributed by atoms with Crippen LogP contribution in [0.15, 0.2) is 42.5 Å². The summed E-state index contributed by atoms with van der Waals surface area (Å²) in [5, 5.41) is 5.73. The third-order valence-electron chi connectivity index (χ3n) is 2.96. The fraction of sp³-hybridized carbons (Fsp3) is 0.188. The van der Waals surface area contributed by atoms with E-state index in [0.29, 0.717) is 5.69 Å². The Morgan fingerprint density at radius 2 is 1.85 bits per heavy atom. The van der Waals surface area contributed by atoms with Crippen molar-refractivity contribution in [3.05, 3.63) is 65.0 Å². The van der Waals surface area contributed by atoms with Gasteiger partial charge in [0.2, 0.25) is 0 Å². The van der Waals surface area contributed by atoms with Gasteiger partial charge in [0.05, 0.1) is 5.56 Å². The van der Waals surface area contributed by atoms with Crippen molar-refractivity contribution in [1.29, 1.82) is 0 Å². The van der Waals surface area contributed by atoms with Gasteiger partial charge in [-0.3, -0.25) is 4.79 Å². The number of nitrogens with one attached hydrogen (secondary N) is 2. The lowest BCUT2D eigenvalue weighted by Gasteiger charge is -2.07. The van der Waals surface area contributed by atoms with E-state index < -0.39 is 11.7 Å². The Labute approximate surface area is 117 Å². The molecule has 0 saturated carbocycles. The van der Waals surface area contributed by atoms with Crippen LogP contribution in [0, 0.1) is 12.7 Å². The highest BCUT2D eigenvalue weighted by Crippen LogP contribution is 2.14. The molecule has 0 fully saturated rings. The predicted octanol–water partition coefficient (Wildman–Crippen LogP) is 3.11. The number of carbonyl (C=O) groups is 1. The van der Waals surface area contributed by atoms with Crippen molar-refractivity contribution in [3.63, 3.8) is 0 Å². The molecule has 0 heterocycles. The molecule has 4 heteroatoms. The number of hydrogen-bond acceptors (Lipinski definition) is 2. The second-order valence-corrected chi connectivity index (χ2v) is 4.66. The monoisotopic (exact) mass is 272 g/mol. The zero-order valence-corrected chi connectivity index (χ0v) is 11.5. The molecule has 1 amide bonds. The molecule has 0 bridgehead atoms. The zero-order chi connectivity index (χ0) is 14.5. The van der Waals surface area contributed by atoms with Gasteiger partial charge in [-0.05, 0) is 49.4 Å². The van der Waals surface area contributed by atoms with Crippen molar-refractivity contribution < 1.29 is 9.18 Å². The zero-order valence-electron chi connectivity index (χ0n) is 11.5. The van der Waals surface area contributed by atoms with Gasteiger partial charge in [0.25, 0.3) is 5.91 Å². The summed E-state index contributed by atoms with van der Waals surface area (Å²) < 4.78 is 13.7. The van der Waals surface area contributed by atoms with Crippen LogP contribution in [0.5, 0.6) is 0 Å². The second kappa shape index (κ2) is 6.30. The van der Waals surface area contributed by atoms with Crippen LogP contribution >= 0.6 is 0 Å². The second-order valence-electron chi connectivity index (χ2n) is 4.66. The maximum Gasteiger partial charge on any atom is 0.258 e. The standard InChI is InChI=1S/C16H17FN2O/c1-11-3-8-14(15(17)9-11)16(20)19-13-6-4-12(5-7-13)10-18-2/h3-9,18H,10H2,1-2H3,(H,19,20). The average molecular weight is 272 g/mol. The van der Waals surface area contributed by atoms with Crippen LogP contribution in [0.3, 0.4) is 0 Å². The molecule has 2 aromatic rings. The lowest BCUT2D eigenvalue weighted by molar-refractivity contribution is 0.102. The topological polar surface area (TPSA) is 41.1 Å². The van der Waals surface area contributed by atoms with Crippen molar-refractivity contribution in [2.24, 2.45) is 0 Å². The van der Waals surface area contributed by atoms with Gasteiger partial charge in [0.1, 0.15) is 5.82 Å². The molecular weight excluding hydrogens is 255 g/mol. The number of carbonyl (C=O) groups excluding carboxylic acids is 1. The van der Waals surface area contributed by atoms with E-state index in [-0.39, 0.29) is 5.56 Å². The van der Waals surface area contributed by atoms with Gasteiger partial charge in [-0.25, -0.2) is 4.39 Å². The third-order valence-corrected chi connectivity index (χ3v) is 2.96. The third kappa shape index (κ3) is 3.42. The number of halogens is 1. The first-order chi connectivity index (χ1) is 9.60. The van der Waals surface area contributed by atoms with Gasteiger partial charge in [-0.2, -0.15) is 0 Å². The highest BCUT2D eigenvalue weighted by molar-refractivity contribution is 6.04. The Morgan fingerprint density at radius 3 is 2.45 bits per heavy atom. The molecule has 0 aliphatic carbocycles. The summed E-state index contributed by atoms with van der Waals surface area (Å²) in [5.74, 6) is -0.946. The summed E-state index contributed by atoms with van der Waals surface area (Å²) in [6.45, 7) is 2.55. The summed E-state index contributed by atoms with van der Waals surface area (Å²) in [4.78, 5) is 12.0. The molecule has 2 aromatic carbocycles. The molecule has 2 N–H and O–H groups in total. The van der Waals surface area contributed by atoms with E-state index in [9.17, 15) is 9.18 Å². The maximum absolute atomic E-state index is 13.7. The molecule has 0 aliphatic rings. The average Bonchev–Trinajstić information content (AvgIpc) is 2.41. The Bertz CT molecular complexity index is 608. The summed E-state index contributed by atoms with van der Waals surface area (Å²) in [7, 11) is 1.87. The maximum atomic E-state index is 13.7. The number of aryl methyl sites for hydroxylation is 1. The molecule has 0 radical (unpaired) electrons. The van der Waals surface area contributed by atoms with Crippen molar-refractivity contribution in [2.45, 2.75) is 13.5 Å². The fourth-order valence-corrected chi connectivity index (χ4v) is 1.91. The summed E-state index contributed by atoms with van der Waals surface area (Å²) >= 11 is 0. The van der Waals surface area contributed by atoms with Crippen LogP contribution in [0.1, 0.15) is 21.5 Å². The number of rotatable bonds is 4. The van der Waals surface area contributed by atoms with E-state index in [1.165, 1.54) is 12.1 Å². The fourth-order valence-electron chi connectivity index (χ4n) is 1.91. The molecule has 0 spiro atoms. The molecule has 0 saturated heterocycles. The molecular formula is C16H17FN2O. The van der Waals surface area contributed by atoms with Crippen LogP contribution in [-0.4, -0.2) is 13.0 Å². The van der Waals surface area contributed by atoms with Crippen LogP contribution in [0.25, 0.3) is 0 Å². The molecule has 0 aromatic heterocycles. The number of hydrogen-bond donors (Lipinski definition) is 2. The Kier molecular flexibility index (Phi) is 4.48. The Morgan fingerprint density at radius 1 is 1.15 bits per heavy atom. The van der Waals surface area contributed by atoms with E-state index in [1.54, 1.807) is 25.1 Å². The number of benzene rings is 2. The van der Waals surface area contributed by atoms with E-state index in [0.717, 1.165) is 17.7 Å². The summed E-state index contributed by atoms with van der Waals surface area (Å²) in [5.41, 5.74) is 2.60. The normalized spacial score (nSPS) is 10.3. The Hall–Kier alpha value is -2.20. The minimum atomic E-state index is -0.505. The molecule has 104 valence electrons. The van der Waals surface area contributed by atoms with E-state index in [2.05, 4.69) is 10.6 Å². The van der Waals surface area contributed by atoms with Crippen molar-refractivity contribution in [3.8, 4) is 0 Å². The first kappa shape index (κ1) is 14.2. The quantitative estimate of drug-likeness (QED) is 0.898. The van der Waals surface area contributed by atoms with Crippen LogP contribution in [-0.2, 0) is 6.54 Å². The first-order valence-electron chi connectivity index (χ1n) is 6.41. The van der Waals surface area contributed by atoms with Gasteiger partial charge < -0.3 is 10.6 Å². The van der Waals surface area contributed by atoms with Crippen molar-refractivity contribution in [1.82, 2.24) is 5.32 Å². The highest BCUT2D eigenvalue weighted by Gasteiger charge is 2.11. The summed E-state index contributed by atoms with van der Waals surface area (Å²) in [6, 6.07) is 12.0. The largest absolute Gasteiger partial charge is 0.322 e. The van der Waals surface area contributed by atoms with Crippen LogP contribution in [0.4, 0.5) is 10.1 Å². The minimum Gasteiger partial charge on any atom is -0.322 e. The van der Waals surface area contributed by atoms with Gasteiger partial charge in [-0.15, -0.1) is 0 Å². The predicted molar refractivity (Wildman–Crippen MR) is 78.3 cm³/mol. The van der Waals surface area contributed by atoms with Gasteiger partial charge in [0.15, 0.2) is 0 Å². The molecule has 0 aliphatic heterocycles. The molecule has 20 heavy (non-hydrogen) atoms. The van der Waals surface area contributed by atoms with E-state index in [4.69, 9.17) is 0 Å². The SMILES string of the molecule is CNCc1ccc(NC(=O)c2ccc(C)cc2F)cc1. The van der Waals surface area contributed by atoms with E-state index in [1.807, 2.05) is 19.2 Å². The van der Waals surface area contributed by atoms with Gasteiger partial charge >= 0.3 is 0 Å².